The molecule has 2 aromatic rings. The summed E-state index contributed by atoms with van der Waals surface area (Å²) in [5.41, 5.74) is 7.00. The van der Waals surface area contributed by atoms with Crippen molar-refractivity contribution >= 4 is 16.9 Å². The third-order valence-electron chi connectivity index (χ3n) is 2.56. The summed E-state index contributed by atoms with van der Waals surface area (Å²) in [7, 11) is 0. The molecule has 5 heteroatoms. The van der Waals surface area contributed by atoms with Crippen LogP contribution in [0.25, 0.3) is 11.0 Å². The van der Waals surface area contributed by atoms with E-state index in [9.17, 15) is 4.79 Å². The Balaban J connectivity index is 2.57. The topological polar surface area (TPSA) is 73.8 Å². The van der Waals surface area contributed by atoms with Gasteiger partial charge in [-0.1, -0.05) is 31.2 Å². The van der Waals surface area contributed by atoms with E-state index in [1.54, 1.807) is 4.68 Å². The van der Waals surface area contributed by atoms with Crippen LogP contribution in [0.5, 0.6) is 0 Å². The van der Waals surface area contributed by atoms with Gasteiger partial charge in [0.15, 0.2) is 0 Å². The van der Waals surface area contributed by atoms with E-state index in [1.165, 1.54) is 0 Å². The molecule has 0 aliphatic heterocycles. The SMILES string of the molecule is CC(C)[C@@H](C(N)=O)n1nnc2ccccc21. The van der Waals surface area contributed by atoms with E-state index in [0.717, 1.165) is 11.0 Å². The number of primary amides is 1. The van der Waals surface area contributed by atoms with E-state index < -0.39 is 6.04 Å². The maximum Gasteiger partial charge on any atom is 0.242 e. The zero-order valence-corrected chi connectivity index (χ0v) is 9.29. The van der Waals surface area contributed by atoms with Gasteiger partial charge in [0, 0.05) is 0 Å². The Labute approximate surface area is 93.2 Å². The van der Waals surface area contributed by atoms with Crippen molar-refractivity contribution in [3.63, 3.8) is 0 Å². The molecule has 84 valence electrons. The normalized spacial score (nSPS) is 13.2. The molecule has 1 atom stereocenters. The number of rotatable bonds is 3. The largest absolute Gasteiger partial charge is 0.368 e. The van der Waals surface area contributed by atoms with Crippen molar-refractivity contribution in [2.75, 3.05) is 0 Å². The van der Waals surface area contributed by atoms with E-state index in [2.05, 4.69) is 10.3 Å². The van der Waals surface area contributed by atoms with Crippen LogP contribution in [0, 0.1) is 5.92 Å². The van der Waals surface area contributed by atoms with Gasteiger partial charge in [-0.3, -0.25) is 4.79 Å². The number of nitrogens with two attached hydrogens (primary N) is 1. The van der Waals surface area contributed by atoms with Crippen LogP contribution in [-0.4, -0.2) is 20.9 Å². The number of fused-ring (bicyclic) bond motifs is 1. The summed E-state index contributed by atoms with van der Waals surface area (Å²) in [5.74, 6) is -0.298. The highest BCUT2D eigenvalue weighted by molar-refractivity contribution is 5.82. The zero-order valence-electron chi connectivity index (χ0n) is 9.29. The maximum atomic E-state index is 11.4. The summed E-state index contributed by atoms with van der Waals surface area (Å²) in [4.78, 5) is 11.4. The predicted octanol–water partition coefficient (Wildman–Crippen LogP) is 1.11. The van der Waals surface area contributed by atoms with Crippen molar-refractivity contribution in [2.45, 2.75) is 19.9 Å². The molecule has 0 fully saturated rings. The molecule has 0 radical (unpaired) electrons. The van der Waals surface area contributed by atoms with Gasteiger partial charge in [-0.25, -0.2) is 4.68 Å². The highest BCUT2D eigenvalue weighted by Crippen LogP contribution is 2.21. The van der Waals surface area contributed by atoms with Crippen LogP contribution < -0.4 is 5.73 Å². The molecular formula is C11H14N4O. The molecule has 0 saturated heterocycles. The summed E-state index contributed by atoms with van der Waals surface area (Å²) >= 11 is 0. The third kappa shape index (κ3) is 1.64. The molecule has 0 saturated carbocycles. The highest BCUT2D eigenvalue weighted by atomic mass is 16.1. The first-order chi connectivity index (χ1) is 7.61. The second-order valence-corrected chi connectivity index (χ2v) is 4.11. The molecule has 5 nitrogen and oxygen atoms in total. The van der Waals surface area contributed by atoms with Gasteiger partial charge in [0.05, 0.1) is 5.52 Å². The quantitative estimate of drug-likeness (QED) is 0.838. The zero-order chi connectivity index (χ0) is 11.7. The lowest BCUT2D eigenvalue weighted by Gasteiger charge is -2.17. The molecule has 1 amide bonds. The smallest absolute Gasteiger partial charge is 0.242 e. The molecule has 1 aromatic heterocycles. The van der Waals surface area contributed by atoms with Crippen LogP contribution in [0.1, 0.15) is 19.9 Å². The van der Waals surface area contributed by atoms with Gasteiger partial charge < -0.3 is 5.73 Å². The number of nitrogens with zero attached hydrogens (tertiary/aromatic N) is 3. The molecule has 16 heavy (non-hydrogen) atoms. The number of para-hydroxylation sites is 1. The molecule has 2 rings (SSSR count). The van der Waals surface area contributed by atoms with E-state index in [4.69, 9.17) is 5.73 Å². The van der Waals surface area contributed by atoms with Gasteiger partial charge in [-0.15, -0.1) is 5.10 Å². The van der Waals surface area contributed by atoms with Crippen molar-refractivity contribution in [3.8, 4) is 0 Å². The van der Waals surface area contributed by atoms with E-state index in [-0.39, 0.29) is 11.8 Å². The fourth-order valence-corrected chi connectivity index (χ4v) is 1.82. The molecule has 1 aromatic carbocycles. The summed E-state index contributed by atoms with van der Waals surface area (Å²) in [5, 5.41) is 8.01. The van der Waals surface area contributed by atoms with Crippen LogP contribution >= 0.6 is 0 Å². The molecule has 0 spiro atoms. The Kier molecular flexibility index (Phi) is 2.60. The molecular weight excluding hydrogens is 204 g/mol. The molecule has 1 heterocycles. The van der Waals surface area contributed by atoms with Crippen LogP contribution in [-0.2, 0) is 4.79 Å². The number of carbonyl (C=O) groups is 1. The van der Waals surface area contributed by atoms with Crippen molar-refractivity contribution in [2.24, 2.45) is 11.7 Å². The van der Waals surface area contributed by atoms with Crippen LogP contribution in [0.3, 0.4) is 0 Å². The molecule has 2 N–H and O–H groups in total. The number of aromatic nitrogens is 3. The molecule has 0 aliphatic carbocycles. The Hall–Kier alpha value is -1.91. The minimum absolute atomic E-state index is 0.0857. The second-order valence-electron chi connectivity index (χ2n) is 4.11. The molecule has 0 aliphatic rings. The molecule has 0 bridgehead atoms. The summed E-state index contributed by atoms with van der Waals surface area (Å²) in [6.07, 6.45) is 0. The summed E-state index contributed by atoms with van der Waals surface area (Å²) < 4.78 is 1.60. The van der Waals surface area contributed by atoms with Gasteiger partial charge in [0.25, 0.3) is 0 Å². The van der Waals surface area contributed by atoms with Gasteiger partial charge in [-0.05, 0) is 18.1 Å². The number of hydrogen-bond donors (Lipinski definition) is 1. The van der Waals surface area contributed by atoms with E-state index in [0.29, 0.717) is 0 Å². The fraction of sp³-hybridized carbons (Fsp3) is 0.364. The van der Waals surface area contributed by atoms with Gasteiger partial charge in [0.2, 0.25) is 5.91 Å². The van der Waals surface area contributed by atoms with Crippen molar-refractivity contribution < 1.29 is 4.79 Å². The third-order valence-corrected chi connectivity index (χ3v) is 2.56. The lowest BCUT2D eigenvalue weighted by molar-refractivity contribution is -0.122. The second kappa shape index (κ2) is 3.92. The lowest BCUT2D eigenvalue weighted by atomic mass is 10.0. The first-order valence-corrected chi connectivity index (χ1v) is 5.20. The Morgan fingerprint density at radius 2 is 2.06 bits per heavy atom. The lowest BCUT2D eigenvalue weighted by Crippen LogP contribution is -2.31. The number of carbonyl (C=O) groups excluding carboxylic acids is 1. The Bertz CT molecular complexity index is 517. The van der Waals surface area contributed by atoms with Crippen molar-refractivity contribution in [1.82, 2.24) is 15.0 Å². The van der Waals surface area contributed by atoms with Crippen molar-refractivity contribution in [1.29, 1.82) is 0 Å². The first-order valence-electron chi connectivity index (χ1n) is 5.20. The average molecular weight is 218 g/mol. The van der Waals surface area contributed by atoms with Gasteiger partial charge >= 0.3 is 0 Å². The van der Waals surface area contributed by atoms with Gasteiger partial charge in [-0.2, -0.15) is 0 Å². The standard InChI is InChI=1S/C11H14N4O/c1-7(2)10(11(12)16)15-9-6-4-3-5-8(9)13-14-15/h3-7,10H,1-2H3,(H2,12,16)/t10-/m0/s1. The van der Waals surface area contributed by atoms with Gasteiger partial charge in [0.1, 0.15) is 11.6 Å². The minimum atomic E-state index is -0.451. The van der Waals surface area contributed by atoms with Crippen LogP contribution in [0.15, 0.2) is 24.3 Å². The average Bonchev–Trinajstić information content (AvgIpc) is 2.61. The van der Waals surface area contributed by atoms with Crippen LogP contribution in [0.4, 0.5) is 0 Å². The number of hydrogen-bond acceptors (Lipinski definition) is 3. The number of benzene rings is 1. The molecule has 0 unspecified atom stereocenters. The Morgan fingerprint density at radius 3 is 2.69 bits per heavy atom. The summed E-state index contributed by atoms with van der Waals surface area (Å²) in [6, 6.07) is 7.06. The van der Waals surface area contributed by atoms with Crippen molar-refractivity contribution in [3.05, 3.63) is 24.3 Å². The number of amides is 1. The maximum absolute atomic E-state index is 11.4. The highest BCUT2D eigenvalue weighted by Gasteiger charge is 2.24. The monoisotopic (exact) mass is 218 g/mol. The summed E-state index contributed by atoms with van der Waals surface area (Å²) in [6.45, 7) is 3.87. The Morgan fingerprint density at radius 1 is 1.38 bits per heavy atom. The fourth-order valence-electron chi connectivity index (χ4n) is 1.82. The van der Waals surface area contributed by atoms with E-state index >= 15 is 0 Å². The predicted molar refractivity (Wildman–Crippen MR) is 60.6 cm³/mol. The van der Waals surface area contributed by atoms with E-state index in [1.807, 2.05) is 38.1 Å². The minimum Gasteiger partial charge on any atom is -0.368 e. The first kappa shape index (κ1) is 10.6. The van der Waals surface area contributed by atoms with Crippen LogP contribution in [0.2, 0.25) is 0 Å².